The number of fused-ring (bicyclic) bond motifs is 1. The van der Waals surface area contributed by atoms with Gasteiger partial charge in [0.25, 0.3) is 0 Å². The van der Waals surface area contributed by atoms with E-state index in [1.807, 2.05) is 48.5 Å². The number of anilines is 1. The standard InChI is InChI=1S/C38H49N3O3/c1-43-33-21-22-36-35(28-33)31(29-39-36)18-10-7-5-3-2-4-6-8-15-25-41-26-23-32(24-27-41)44-38(42)40-37-20-14-13-19-34(37)30-16-11-9-12-17-30/h9,11-14,16-17,19-22,28-29,32,39H,2-8,10,15,18,23-27H2,1H3,(H,40,42). The number of hydrogen-bond donors (Lipinski definition) is 2. The molecule has 1 amide bonds. The maximum absolute atomic E-state index is 12.7. The number of aryl methyl sites for hydroxylation is 1. The molecule has 0 aliphatic carbocycles. The van der Waals surface area contributed by atoms with E-state index in [1.165, 1.54) is 74.3 Å². The van der Waals surface area contributed by atoms with Crippen molar-refractivity contribution in [2.24, 2.45) is 0 Å². The number of nitrogens with one attached hydrogen (secondary N) is 2. The minimum Gasteiger partial charge on any atom is -0.497 e. The van der Waals surface area contributed by atoms with Crippen molar-refractivity contribution in [1.29, 1.82) is 0 Å². The van der Waals surface area contributed by atoms with Crippen molar-refractivity contribution in [1.82, 2.24) is 9.88 Å². The molecule has 0 bridgehead atoms. The fourth-order valence-corrected chi connectivity index (χ4v) is 6.38. The zero-order valence-corrected chi connectivity index (χ0v) is 26.4. The molecule has 0 unspecified atom stereocenters. The first-order chi connectivity index (χ1) is 21.7. The van der Waals surface area contributed by atoms with Gasteiger partial charge in [0.1, 0.15) is 11.9 Å². The highest BCUT2D eigenvalue weighted by Crippen LogP contribution is 2.28. The third kappa shape index (κ3) is 9.36. The molecule has 0 spiro atoms. The predicted octanol–water partition coefficient (Wildman–Crippen LogP) is 9.61. The van der Waals surface area contributed by atoms with E-state index in [9.17, 15) is 4.79 Å². The molecule has 0 radical (unpaired) electrons. The second-order valence-corrected chi connectivity index (χ2v) is 12.1. The van der Waals surface area contributed by atoms with Crippen molar-refractivity contribution in [2.75, 3.05) is 32.1 Å². The second-order valence-electron chi connectivity index (χ2n) is 12.1. The first kappa shape index (κ1) is 31.6. The normalized spacial score (nSPS) is 14.1. The molecule has 1 fully saturated rings. The summed E-state index contributed by atoms with van der Waals surface area (Å²) in [7, 11) is 1.73. The van der Waals surface area contributed by atoms with Crippen LogP contribution in [-0.2, 0) is 11.2 Å². The smallest absolute Gasteiger partial charge is 0.411 e. The fraction of sp³-hybridized carbons (Fsp3) is 0.447. The summed E-state index contributed by atoms with van der Waals surface area (Å²) in [6, 6.07) is 24.3. The minimum absolute atomic E-state index is 0.0129. The zero-order chi connectivity index (χ0) is 30.4. The molecule has 3 aromatic carbocycles. The van der Waals surface area contributed by atoms with E-state index >= 15 is 0 Å². The van der Waals surface area contributed by atoms with Gasteiger partial charge in [-0.3, -0.25) is 5.32 Å². The maximum Gasteiger partial charge on any atom is 0.411 e. The molecule has 1 saturated heterocycles. The molecule has 0 atom stereocenters. The number of rotatable bonds is 16. The van der Waals surface area contributed by atoms with Crippen molar-refractivity contribution in [3.8, 4) is 16.9 Å². The van der Waals surface area contributed by atoms with Gasteiger partial charge in [0.15, 0.2) is 0 Å². The molecular formula is C38H49N3O3. The number of para-hydroxylation sites is 1. The van der Waals surface area contributed by atoms with Gasteiger partial charge in [0, 0.05) is 35.8 Å². The van der Waals surface area contributed by atoms with Crippen LogP contribution in [0.4, 0.5) is 10.5 Å². The lowest BCUT2D eigenvalue weighted by Gasteiger charge is -2.31. The maximum atomic E-state index is 12.7. The summed E-state index contributed by atoms with van der Waals surface area (Å²) in [4.78, 5) is 18.6. The Kier molecular flexibility index (Phi) is 12.2. The molecule has 1 aliphatic rings. The van der Waals surface area contributed by atoms with Crippen molar-refractivity contribution < 1.29 is 14.3 Å². The number of piperidine rings is 1. The third-order valence-corrected chi connectivity index (χ3v) is 8.95. The molecule has 5 rings (SSSR count). The van der Waals surface area contributed by atoms with Crippen LogP contribution in [0.25, 0.3) is 22.0 Å². The summed E-state index contributed by atoms with van der Waals surface area (Å²) < 4.78 is 11.2. The zero-order valence-electron chi connectivity index (χ0n) is 26.4. The Morgan fingerprint density at radius 3 is 2.27 bits per heavy atom. The van der Waals surface area contributed by atoms with Crippen LogP contribution in [0.1, 0.15) is 76.2 Å². The number of carbonyl (C=O) groups is 1. The van der Waals surface area contributed by atoms with Crippen LogP contribution in [0.5, 0.6) is 5.75 Å². The van der Waals surface area contributed by atoms with Gasteiger partial charge in [0.05, 0.1) is 12.8 Å². The van der Waals surface area contributed by atoms with E-state index in [0.29, 0.717) is 0 Å². The highest BCUT2D eigenvalue weighted by atomic mass is 16.6. The lowest BCUT2D eigenvalue weighted by atomic mass is 10.0. The Labute approximate surface area is 263 Å². The number of H-pyrrole nitrogens is 1. The molecule has 1 aromatic heterocycles. The van der Waals surface area contributed by atoms with Gasteiger partial charge < -0.3 is 19.4 Å². The van der Waals surface area contributed by atoms with Crippen LogP contribution in [0.15, 0.2) is 79.0 Å². The van der Waals surface area contributed by atoms with Crippen molar-refractivity contribution in [2.45, 2.75) is 83.2 Å². The Balaban J connectivity index is 0.870. The molecule has 1 aliphatic heterocycles. The minimum atomic E-state index is -0.359. The second kappa shape index (κ2) is 16.9. The molecule has 6 heteroatoms. The van der Waals surface area contributed by atoms with Crippen LogP contribution in [-0.4, -0.2) is 48.8 Å². The van der Waals surface area contributed by atoms with Crippen molar-refractivity contribution in [3.63, 3.8) is 0 Å². The van der Waals surface area contributed by atoms with E-state index in [4.69, 9.17) is 9.47 Å². The number of nitrogens with zero attached hydrogens (tertiary/aromatic N) is 1. The van der Waals surface area contributed by atoms with Crippen molar-refractivity contribution >= 4 is 22.7 Å². The van der Waals surface area contributed by atoms with E-state index < -0.39 is 0 Å². The molecule has 4 aromatic rings. The van der Waals surface area contributed by atoms with Crippen LogP contribution in [0.2, 0.25) is 0 Å². The highest BCUT2D eigenvalue weighted by Gasteiger charge is 2.22. The summed E-state index contributed by atoms with van der Waals surface area (Å²) in [5.74, 6) is 0.927. The quantitative estimate of drug-likeness (QED) is 0.127. The Hall–Kier alpha value is -3.77. The average molecular weight is 596 g/mol. The molecule has 6 nitrogen and oxygen atoms in total. The fourth-order valence-electron chi connectivity index (χ4n) is 6.38. The van der Waals surface area contributed by atoms with Gasteiger partial charge >= 0.3 is 6.09 Å². The Morgan fingerprint density at radius 1 is 0.841 bits per heavy atom. The number of unbranched alkanes of at least 4 members (excludes halogenated alkanes) is 8. The van der Waals surface area contributed by atoms with Gasteiger partial charge in [-0.2, -0.15) is 0 Å². The largest absolute Gasteiger partial charge is 0.497 e. The number of amides is 1. The monoisotopic (exact) mass is 595 g/mol. The number of hydrogen-bond acceptors (Lipinski definition) is 4. The van der Waals surface area contributed by atoms with E-state index in [2.05, 4.69) is 45.7 Å². The number of aromatic nitrogens is 1. The lowest BCUT2D eigenvalue weighted by molar-refractivity contribution is 0.0585. The van der Waals surface area contributed by atoms with E-state index in [1.54, 1.807) is 7.11 Å². The number of ether oxygens (including phenoxy) is 2. The van der Waals surface area contributed by atoms with Crippen molar-refractivity contribution in [3.05, 3.63) is 84.6 Å². The van der Waals surface area contributed by atoms with Crippen LogP contribution in [0.3, 0.4) is 0 Å². The number of aromatic amines is 1. The molecule has 2 N–H and O–H groups in total. The summed E-state index contributed by atoms with van der Waals surface area (Å²) >= 11 is 0. The number of methoxy groups -OCH3 is 1. The average Bonchev–Trinajstić information content (AvgIpc) is 3.47. The van der Waals surface area contributed by atoms with Gasteiger partial charge in [-0.1, -0.05) is 93.5 Å². The van der Waals surface area contributed by atoms with Gasteiger partial charge in [-0.05, 0) is 74.0 Å². The van der Waals surface area contributed by atoms with Gasteiger partial charge in [0.2, 0.25) is 0 Å². The summed E-state index contributed by atoms with van der Waals surface area (Å²) in [6.07, 6.45) is 16.6. The molecule has 234 valence electrons. The van der Waals surface area contributed by atoms with Gasteiger partial charge in [-0.15, -0.1) is 0 Å². The Morgan fingerprint density at radius 2 is 1.52 bits per heavy atom. The third-order valence-electron chi connectivity index (χ3n) is 8.95. The van der Waals surface area contributed by atoms with Gasteiger partial charge in [-0.25, -0.2) is 4.79 Å². The topological polar surface area (TPSA) is 66.6 Å². The van der Waals surface area contributed by atoms with E-state index in [0.717, 1.165) is 61.5 Å². The highest BCUT2D eigenvalue weighted by molar-refractivity contribution is 5.91. The van der Waals surface area contributed by atoms with Crippen LogP contribution >= 0.6 is 0 Å². The van der Waals surface area contributed by atoms with Crippen LogP contribution < -0.4 is 10.1 Å². The predicted molar refractivity (Wildman–Crippen MR) is 182 cm³/mol. The summed E-state index contributed by atoms with van der Waals surface area (Å²) in [5, 5.41) is 4.27. The lowest BCUT2D eigenvalue weighted by Crippen LogP contribution is -2.38. The molecule has 2 heterocycles. The molecular weight excluding hydrogens is 546 g/mol. The molecule has 44 heavy (non-hydrogen) atoms. The first-order valence-corrected chi connectivity index (χ1v) is 16.7. The number of benzene rings is 3. The number of likely N-dealkylation sites (tertiary alicyclic amines) is 1. The summed E-state index contributed by atoms with van der Waals surface area (Å²) in [5.41, 5.74) is 5.46. The molecule has 0 saturated carbocycles. The Bertz CT molecular complexity index is 1430. The SMILES string of the molecule is COc1ccc2[nH]cc(CCCCCCCCCCCN3CCC(OC(=O)Nc4ccccc4-c4ccccc4)CC3)c2c1. The first-order valence-electron chi connectivity index (χ1n) is 16.7. The van der Waals surface area contributed by atoms with E-state index in [-0.39, 0.29) is 12.2 Å². The van der Waals surface area contributed by atoms with Crippen LogP contribution in [0, 0.1) is 0 Å². The number of carbonyl (C=O) groups excluding carboxylic acids is 1. The summed E-state index contributed by atoms with van der Waals surface area (Å²) in [6.45, 7) is 3.17.